The van der Waals surface area contributed by atoms with E-state index in [4.69, 9.17) is 0 Å². The monoisotopic (exact) mass is 412 g/mol. The lowest BCUT2D eigenvalue weighted by atomic mass is 9.94. The predicted octanol–water partition coefficient (Wildman–Crippen LogP) is 2.34. The van der Waals surface area contributed by atoms with E-state index in [1.54, 1.807) is 9.47 Å². The van der Waals surface area contributed by atoms with E-state index < -0.39 is 22.8 Å². The molecule has 3 heterocycles. The van der Waals surface area contributed by atoms with Gasteiger partial charge in [0.15, 0.2) is 0 Å². The molecule has 2 aromatic rings. The van der Waals surface area contributed by atoms with E-state index in [-0.39, 0.29) is 34.6 Å². The minimum Gasteiger partial charge on any atom is -0.477 e. The third kappa shape index (κ3) is 2.79. The van der Waals surface area contributed by atoms with Gasteiger partial charge in [-0.2, -0.15) is 10.3 Å². The Morgan fingerprint density at radius 3 is 2.67 bits per heavy atom. The van der Waals surface area contributed by atoms with E-state index in [9.17, 15) is 25.2 Å². The molecule has 2 atom stereocenters. The van der Waals surface area contributed by atoms with Crippen molar-refractivity contribution in [2.24, 2.45) is 5.92 Å². The highest BCUT2D eigenvalue weighted by Gasteiger charge is 2.41. The second kappa shape index (κ2) is 6.79. The number of hydrogen-bond donors (Lipinski definition) is 2. The molecule has 3 fully saturated rings. The highest BCUT2D eigenvalue weighted by molar-refractivity contribution is 5.96. The van der Waals surface area contributed by atoms with Crippen molar-refractivity contribution in [3.05, 3.63) is 39.4 Å². The van der Waals surface area contributed by atoms with Gasteiger partial charge in [0.05, 0.1) is 22.6 Å². The number of piperidine rings is 1. The first-order valence-electron chi connectivity index (χ1n) is 10.2. The third-order valence-corrected chi connectivity index (χ3v) is 6.59. The molecular weight excluding hydrogens is 391 g/mol. The topological polar surface area (TPSA) is 110 Å². The SMILES string of the molecule is N#Cc1c(N2C[C@@H]3CCCN(O)[C@@H]3C2)c(F)cc2c(=O)c(C(=O)O)cn(C3CC3)c12. The van der Waals surface area contributed by atoms with Crippen molar-refractivity contribution >= 4 is 22.6 Å². The fourth-order valence-corrected chi connectivity index (χ4v) is 5.03. The summed E-state index contributed by atoms with van der Waals surface area (Å²) in [4.78, 5) is 26.1. The smallest absolute Gasteiger partial charge is 0.341 e. The van der Waals surface area contributed by atoms with Gasteiger partial charge in [0.25, 0.3) is 0 Å². The van der Waals surface area contributed by atoms with E-state index in [1.165, 1.54) is 11.3 Å². The first-order chi connectivity index (χ1) is 14.4. The van der Waals surface area contributed by atoms with Crippen LogP contribution >= 0.6 is 0 Å². The van der Waals surface area contributed by atoms with Crippen LogP contribution in [-0.4, -0.2) is 51.6 Å². The number of aromatic carboxylic acids is 1. The molecule has 1 aromatic heterocycles. The Bertz CT molecular complexity index is 1170. The average Bonchev–Trinajstić information content (AvgIpc) is 3.46. The fraction of sp³-hybridized carbons (Fsp3) is 0.476. The van der Waals surface area contributed by atoms with Gasteiger partial charge < -0.3 is 19.8 Å². The first-order valence-corrected chi connectivity index (χ1v) is 10.2. The molecule has 0 unspecified atom stereocenters. The molecule has 1 saturated carbocycles. The number of rotatable bonds is 3. The molecular formula is C21H21FN4O4. The van der Waals surface area contributed by atoms with Crippen LogP contribution < -0.4 is 10.3 Å². The number of nitrogens with zero attached hydrogens (tertiary/aromatic N) is 4. The molecule has 30 heavy (non-hydrogen) atoms. The normalized spacial score (nSPS) is 24.1. The molecule has 9 heteroatoms. The van der Waals surface area contributed by atoms with E-state index in [0.717, 1.165) is 31.7 Å². The average molecular weight is 412 g/mol. The fourth-order valence-electron chi connectivity index (χ4n) is 5.03. The van der Waals surface area contributed by atoms with Crippen LogP contribution in [0.1, 0.15) is 47.6 Å². The largest absolute Gasteiger partial charge is 0.477 e. The molecule has 2 saturated heterocycles. The van der Waals surface area contributed by atoms with Gasteiger partial charge in [0.2, 0.25) is 5.43 Å². The Balaban J connectivity index is 1.73. The van der Waals surface area contributed by atoms with Crippen LogP contribution in [0, 0.1) is 23.1 Å². The number of anilines is 1. The van der Waals surface area contributed by atoms with E-state index in [2.05, 4.69) is 6.07 Å². The van der Waals surface area contributed by atoms with Crippen molar-refractivity contribution in [2.45, 2.75) is 37.8 Å². The van der Waals surface area contributed by atoms with Gasteiger partial charge in [-0.3, -0.25) is 4.79 Å². The zero-order chi connectivity index (χ0) is 21.2. The van der Waals surface area contributed by atoms with Crippen molar-refractivity contribution in [1.82, 2.24) is 9.63 Å². The number of pyridine rings is 1. The van der Waals surface area contributed by atoms with Crippen LogP contribution in [-0.2, 0) is 0 Å². The summed E-state index contributed by atoms with van der Waals surface area (Å²) in [5.74, 6) is -1.92. The summed E-state index contributed by atoms with van der Waals surface area (Å²) >= 11 is 0. The van der Waals surface area contributed by atoms with Gasteiger partial charge in [0.1, 0.15) is 23.0 Å². The number of hydroxylamine groups is 2. The van der Waals surface area contributed by atoms with Gasteiger partial charge in [-0.1, -0.05) is 0 Å². The Kier molecular flexibility index (Phi) is 4.31. The minimum absolute atomic E-state index is 0.00861. The maximum absolute atomic E-state index is 15.3. The highest BCUT2D eigenvalue weighted by Crippen LogP contribution is 2.41. The molecule has 1 aliphatic carbocycles. The number of aromatic nitrogens is 1. The summed E-state index contributed by atoms with van der Waals surface area (Å²) in [6, 6.07) is 3.02. The van der Waals surface area contributed by atoms with Gasteiger partial charge in [-0.15, -0.1) is 0 Å². The lowest BCUT2D eigenvalue weighted by Gasteiger charge is -2.31. The standard InChI is InChI=1S/C21H21FN4O4/c22-16-6-13-18(25(12-3-4-12)9-15(20(13)27)21(28)29)14(7-23)19(16)24-8-11-2-1-5-26(30)17(11)10-24/h6,9,11-12,17,30H,1-5,8,10H2,(H,28,29)/t11-,17+/m0/s1. The first kappa shape index (κ1) is 19.0. The minimum atomic E-state index is -1.37. The Morgan fingerprint density at radius 1 is 1.27 bits per heavy atom. The van der Waals surface area contributed by atoms with Crippen molar-refractivity contribution in [3.63, 3.8) is 0 Å². The van der Waals surface area contributed by atoms with E-state index in [1.807, 2.05) is 0 Å². The van der Waals surface area contributed by atoms with E-state index >= 15 is 4.39 Å². The van der Waals surface area contributed by atoms with Crippen LogP contribution in [0.3, 0.4) is 0 Å². The van der Waals surface area contributed by atoms with Crippen LogP contribution in [0.15, 0.2) is 17.1 Å². The Labute approximate surface area is 171 Å². The summed E-state index contributed by atoms with van der Waals surface area (Å²) in [6.45, 7) is 1.47. The Hall–Kier alpha value is -2.96. The Morgan fingerprint density at radius 2 is 2.03 bits per heavy atom. The predicted molar refractivity (Wildman–Crippen MR) is 105 cm³/mol. The van der Waals surface area contributed by atoms with Gasteiger partial charge in [-0.05, 0) is 37.7 Å². The van der Waals surface area contributed by atoms with Crippen LogP contribution in [0.4, 0.5) is 10.1 Å². The maximum atomic E-state index is 15.3. The summed E-state index contributed by atoms with van der Waals surface area (Å²) in [5, 5.41) is 30.8. The molecule has 3 aliphatic rings. The van der Waals surface area contributed by atoms with Crippen molar-refractivity contribution in [2.75, 3.05) is 24.5 Å². The summed E-state index contributed by atoms with van der Waals surface area (Å²) < 4.78 is 16.9. The van der Waals surface area contributed by atoms with Crippen molar-refractivity contribution < 1.29 is 19.5 Å². The zero-order valence-electron chi connectivity index (χ0n) is 16.2. The van der Waals surface area contributed by atoms with E-state index in [0.29, 0.717) is 25.2 Å². The van der Waals surface area contributed by atoms with Crippen molar-refractivity contribution in [3.8, 4) is 6.07 Å². The molecule has 0 bridgehead atoms. The number of halogens is 1. The molecule has 0 spiro atoms. The quantitative estimate of drug-likeness (QED) is 0.796. The number of hydrogen-bond acceptors (Lipinski definition) is 6. The number of benzene rings is 1. The van der Waals surface area contributed by atoms with Crippen LogP contribution in [0.5, 0.6) is 0 Å². The maximum Gasteiger partial charge on any atom is 0.341 e. The number of carboxylic acids is 1. The van der Waals surface area contributed by atoms with Crippen LogP contribution in [0.25, 0.3) is 10.9 Å². The second-order valence-electron chi connectivity index (χ2n) is 8.44. The molecule has 2 aliphatic heterocycles. The molecule has 0 radical (unpaired) electrons. The second-order valence-corrected chi connectivity index (χ2v) is 8.44. The third-order valence-electron chi connectivity index (χ3n) is 6.59. The molecule has 2 N–H and O–H groups in total. The van der Waals surface area contributed by atoms with Gasteiger partial charge in [-0.25, -0.2) is 9.18 Å². The number of carbonyl (C=O) groups is 1. The lowest BCUT2D eigenvalue weighted by Crippen LogP contribution is -2.42. The summed E-state index contributed by atoms with van der Waals surface area (Å²) in [6.07, 6.45) is 4.68. The lowest BCUT2D eigenvalue weighted by molar-refractivity contribution is -0.147. The number of nitriles is 1. The molecule has 1 aromatic carbocycles. The van der Waals surface area contributed by atoms with Crippen molar-refractivity contribution in [1.29, 1.82) is 5.26 Å². The molecule has 5 rings (SSSR count). The summed E-state index contributed by atoms with van der Waals surface area (Å²) in [5.41, 5.74) is -0.734. The molecule has 8 nitrogen and oxygen atoms in total. The number of fused-ring (bicyclic) bond motifs is 2. The molecule has 156 valence electrons. The highest BCUT2D eigenvalue weighted by atomic mass is 19.1. The van der Waals surface area contributed by atoms with Crippen LogP contribution in [0.2, 0.25) is 0 Å². The zero-order valence-corrected chi connectivity index (χ0v) is 16.2. The summed E-state index contributed by atoms with van der Waals surface area (Å²) in [7, 11) is 0. The molecule has 0 amide bonds. The van der Waals surface area contributed by atoms with Gasteiger partial charge >= 0.3 is 5.97 Å². The van der Waals surface area contributed by atoms with Gasteiger partial charge in [0, 0.05) is 31.9 Å². The number of carboxylic acid groups (broad SMARTS) is 1.